The van der Waals surface area contributed by atoms with Crippen LogP contribution < -0.4 is 10.6 Å². The number of hydrogen-bond acceptors (Lipinski definition) is 8. The highest BCUT2D eigenvalue weighted by Crippen LogP contribution is 2.17. The van der Waals surface area contributed by atoms with Crippen molar-refractivity contribution in [3.05, 3.63) is 71.8 Å². The first-order chi connectivity index (χ1) is 17.8. The van der Waals surface area contributed by atoms with E-state index in [0.29, 0.717) is 61.4 Å². The lowest BCUT2D eigenvalue weighted by Gasteiger charge is -2.27. The lowest BCUT2D eigenvalue weighted by Crippen LogP contribution is -2.35. The summed E-state index contributed by atoms with van der Waals surface area (Å²) in [4.78, 5) is 0. The van der Waals surface area contributed by atoms with Gasteiger partial charge in [-0.05, 0) is 35.6 Å². The van der Waals surface area contributed by atoms with Crippen molar-refractivity contribution in [2.75, 3.05) is 37.9 Å². The van der Waals surface area contributed by atoms with Gasteiger partial charge in [-0.25, -0.2) is 0 Å². The molecule has 0 fully saturated rings. The molecule has 0 aliphatic rings. The van der Waals surface area contributed by atoms with E-state index in [0.717, 1.165) is 11.1 Å². The maximum Gasteiger partial charge on any atom is 0.257 e. The van der Waals surface area contributed by atoms with E-state index in [1.54, 1.807) is 0 Å². The topological polar surface area (TPSA) is 61.0 Å². The van der Waals surface area contributed by atoms with E-state index in [4.69, 9.17) is 43.4 Å². The van der Waals surface area contributed by atoms with E-state index in [9.17, 15) is 0 Å². The quantitative estimate of drug-likeness (QED) is 0.166. The largest absolute Gasteiger partial charge is 0.464 e. The highest BCUT2D eigenvalue weighted by Gasteiger charge is 2.22. The van der Waals surface area contributed by atoms with Gasteiger partial charge in [0.2, 0.25) is 0 Å². The first-order valence-electron chi connectivity index (χ1n) is 12.2. The third-order valence-electron chi connectivity index (χ3n) is 5.11. The molecule has 0 aliphatic carbocycles. The Morgan fingerprint density at radius 2 is 1.11 bits per heavy atom. The molecule has 2 rings (SSSR count). The third-order valence-corrected chi connectivity index (χ3v) is 6.40. The van der Waals surface area contributed by atoms with Crippen molar-refractivity contribution in [2.45, 2.75) is 39.1 Å². The van der Waals surface area contributed by atoms with E-state index in [1.165, 1.54) is 0 Å². The second-order valence-electron chi connectivity index (χ2n) is 9.29. The van der Waals surface area contributed by atoms with Crippen molar-refractivity contribution in [1.82, 2.24) is 10.6 Å². The molecule has 0 heterocycles. The molecule has 0 saturated heterocycles. The van der Waals surface area contributed by atoms with Crippen LogP contribution in [-0.4, -0.2) is 60.5 Å². The van der Waals surface area contributed by atoms with Crippen LogP contribution in [0.3, 0.4) is 0 Å². The molecule has 0 saturated carbocycles. The molecule has 10 heteroatoms. The zero-order valence-corrected chi connectivity index (χ0v) is 24.9. The molecule has 37 heavy (non-hydrogen) atoms. The molecule has 2 atom stereocenters. The molecule has 0 aliphatic heterocycles. The molecule has 2 unspecified atom stereocenters. The van der Waals surface area contributed by atoms with E-state index < -0.39 is 0 Å². The van der Waals surface area contributed by atoms with Crippen LogP contribution in [0.15, 0.2) is 60.7 Å². The lowest BCUT2D eigenvalue weighted by molar-refractivity contribution is -0.0365. The smallest absolute Gasteiger partial charge is 0.257 e. The fourth-order valence-electron chi connectivity index (χ4n) is 3.15. The summed E-state index contributed by atoms with van der Waals surface area (Å²) in [6, 6.07) is 20.0. The van der Waals surface area contributed by atoms with Crippen LogP contribution in [0.4, 0.5) is 0 Å². The second kappa shape index (κ2) is 17.9. The van der Waals surface area contributed by atoms with Crippen LogP contribution in [0.2, 0.25) is 0 Å². The van der Waals surface area contributed by atoms with E-state index in [-0.39, 0.29) is 17.6 Å². The highest BCUT2D eigenvalue weighted by molar-refractivity contribution is 7.80. The molecule has 2 aromatic rings. The average Bonchev–Trinajstić information content (AvgIpc) is 2.90. The fraction of sp³-hybridized carbons (Fsp3) is 0.481. The Bertz CT molecular complexity index is 846. The molecule has 0 amide bonds. The molecule has 0 aromatic heterocycles. The minimum absolute atomic E-state index is 0.208. The SMILES string of the molecule is CC(C)(COCC(CS)OC(=S)NCc1ccccc1)COCC(CS)OC(=S)NCc1ccccc1. The molecular formula is C27H38N2O4S4. The van der Waals surface area contributed by atoms with Crippen LogP contribution in [0, 0.1) is 5.41 Å². The van der Waals surface area contributed by atoms with Gasteiger partial charge >= 0.3 is 0 Å². The van der Waals surface area contributed by atoms with Gasteiger partial charge in [0.25, 0.3) is 10.3 Å². The van der Waals surface area contributed by atoms with Gasteiger partial charge in [0, 0.05) is 30.0 Å². The van der Waals surface area contributed by atoms with E-state index >= 15 is 0 Å². The van der Waals surface area contributed by atoms with Crippen molar-refractivity contribution < 1.29 is 18.9 Å². The number of nitrogens with one attached hydrogen (secondary N) is 2. The molecule has 2 N–H and O–H groups in total. The summed E-state index contributed by atoms with van der Waals surface area (Å²) in [7, 11) is 0. The normalized spacial score (nSPS) is 12.9. The summed E-state index contributed by atoms with van der Waals surface area (Å²) in [5, 5.41) is 6.90. The second-order valence-corrected chi connectivity index (χ2v) is 10.8. The van der Waals surface area contributed by atoms with Crippen LogP contribution >= 0.6 is 49.7 Å². The first kappa shape index (κ1) is 31.7. The van der Waals surface area contributed by atoms with Gasteiger partial charge in [-0.3, -0.25) is 0 Å². The van der Waals surface area contributed by atoms with E-state index in [2.05, 4.69) is 49.7 Å². The Balaban J connectivity index is 1.62. The van der Waals surface area contributed by atoms with Gasteiger partial charge in [0.15, 0.2) is 0 Å². The van der Waals surface area contributed by atoms with Crippen molar-refractivity contribution in [2.24, 2.45) is 5.41 Å². The Morgan fingerprint density at radius 3 is 1.46 bits per heavy atom. The summed E-state index contributed by atoms with van der Waals surface area (Å²) < 4.78 is 23.4. The van der Waals surface area contributed by atoms with Crippen LogP contribution in [0.5, 0.6) is 0 Å². The van der Waals surface area contributed by atoms with Crippen molar-refractivity contribution in [3.8, 4) is 0 Å². The van der Waals surface area contributed by atoms with Crippen LogP contribution in [0.25, 0.3) is 0 Å². The molecular weight excluding hydrogens is 545 g/mol. The minimum atomic E-state index is -0.248. The summed E-state index contributed by atoms with van der Waals surface area (Å²) in [5.74, 6) is 0.979. The van der Waals surface area contributed by atoms with Crippen LogP contribution in [-0.2, 0) is 32.0 Å². The maximum absolute atomic E-state index is 5.92. The summed E-state index contributed by atoms with van der Waals surface area (Å²) >= 11 is 19.4. The maximum atomic E-state index is 5.92. The van der Waals surface area contributed by atoms with Gasteiger partial charge in [-0.1, -0.05) is 74.5 Å². The van der Waals surface area contributed by atoms with Gasteiger partial charge in [-0.2, -0.15) is 25.3 Å². The molecule has 2 aromatic carbocycles. The summed E-state index contributed by atoms with van der Waals surface area (Å²) in [6.45, 7) is 7.12. The highest BCUT2D eigenvalue weighted by atomic mass is 32.1. The van der Waals surface area contributed by atoms with Gasteiger partial charge in [0.1, 0.15) is 12.2 Å². The predicted octanol–water partition coefficient (Wildman–Crippen LogP) is 4.83. The standard InChI is InChI=1S/C27H38N2O4S4/c1-27(2,19-30-15-23(17-34)32-25(36)28-13-21-9-5-3-6-10-21)20-31-16-24(18-35)33-26(37)29-14-22-11-7-4-8-12-22/h3-12,23-24,34-35H,13-20H2,1-2H3,(H,28,36)(H,29,37). The Morgan fingerprint density at radius 1 is 0.730 bits per heavy atom. The summed E-state index contributed by atoms with van der Waals surface area (Å²) in [5.41, 5.74) is 2.05. The zero-order chi connectivity index (χ0) is 26.9. The molecule has 0 bridgehead atoms. The monoisotopic (exact) mass is 582 g/mol. The molecule has 0 spiro atoms. The number of rotatable bonds is 16. The first-order valence-corrected chi connectivity index (χ1v) is 14.2. The molecule has 204 valence electrons. The number of hydrogen-bond donors (Lipinski definition) is 4. The average molecular weight is 583 g/mol. The van der Waals surface area contributed by atoms with Gasteiger partial charge in [0.05, 0.1) is 26.4 Å². The number of thiocarbonyl (C=S) groups is 2. The number of thiol groups is 2. The Kier molecular flexibility index (Phi) is 15.3. The Labute approximate surface area is 243 Å². The van der Waals surface area contributed by atoms with Gasteiger partial charge < -0.3 is 29.6 Å². The fourth-order valence-corrected chi connectivity index (χ4v) is 3.93. The molecule has 0 radical (unpaired) electrons. The minimum Gasteiger partial charge on any atom is -0.464 e. The Hall–Kier alpha value is -1.56. The van der Waals surface area contributed by atoms with E-state index in [1.807, 2.05) is 60.7 Å². The van der Waals surface area contributed by atoms with Crippen LogP contribution in [0.1, 0.15) is 25.0 Å². The zero-order valence-electron chi connectivity index (χ0n) is 21.4. The lowest BCUT2D eigenvalue weighted by atomic mass is 9.96. The third kappa shape index (κ3) is 14.2. The number of benzene rings is 2. The van der Waals surface area contributed by atoms with Crippen molar-refractivity contribution in [3.63, 3.8) is 0 Å². The van der Waals surface area contributed by atoms with Crippen molar-refractivity contribution in [1.29, 1.82) is 0 Å². The summed E-state index contributed by atoms with van der Waals surface area (Å²) in [6.07, 6.45) is -0.496. The van der Waals surface area contributed by atoms with Crippen molar-refractivity contribution >= 4 is 60.0 Å². The predicted molar refractivity (Wildman–Crippen MR) is 165 cm³/mol. The molecule has 6 nitrogen and oxygen atoms in total. The number of ether oxygens (including phenoxy) is 4. The van der Waals surface area contributed by atoms with Gasteiger partial charge in [-0.15, -0.1) is 0 Å².